The molecule has 0 atom stereocenters. The average Bonchev–Trinajstić information content (AvgIpc) is 2.56. The molecule has 0 saturated heterocycles. The van der Waals surface area contributed by atoms with Crippen molar-refractivity contribution in [1.82, 2.24) is 0 Å². The van der Waals surface area contributed by atoms with Crippen LogP contribution in [0.1, 0.15) is 37.0 Å². The predicted octanol–water partition coefficient (Wildman–Crippen LogP) is 4.69. The van der Waals surface area contributed by atoms with Gasteiger partial charge in [-0.05, 0) is 24.8 Å². The summed E-state index contributed by atoms with van der Waals surface area (Å²) >= 11 is 12.8. The van der Waals surface area contributed by atoms with Crippen LogP contribution in [0.2, 0.25) is 8.67 Å². The number of hydrogen-bond donors (Lipinski definition) is 0. The van der Waals surface area contributed by atoms with Gasteiger partial charge in [-0.3, -0.25) is 4.79 Å². The summed E-state index contributed by atoms with van der Waals surface area (Å²) in [6, 6.07) is 1.59. The van der Waals surface area contributed by atoms with Crippen molar-refractivity contribution in [3.63, 3.8) is 0 Å². The molecule has 17 heavy (non-hydrogen) atoms. The highest BCUT2D eigenvalue weighted by Crippen LogP contribution is 2.31. The lowest BCUT2D eigenvalue weighted by Gasteiger charge is -2.05. The zero-order valence-corrected chi connectivity index (χ0v) is 12.3. The van der Waals surface area contributed by atoms with E-state index in [1.54, 1.807) is 6.07 Å². The molecule has 1 aromatic heterocycles. The number of ketones is 1. The van der Waals surface area contributed by atoms with E-state index in [-0.39, 0.29) is 12.4 Å². The van der Waals surface area contributed by atoms with E-state index in [2.05, 4.69) is 13.8 Å². The lowest BCUT2D eigenvalue weighted by Crippen LogP contribution is -2.09. The Hall–Kier alpha value is -0.0900. The van der Waals surface area contributed by atoms with Crippen molar-refractivity contribution in [3.05, 3.63) is 20.3 Å². The minimum Gasteiger partial charge on any atom is -0.373 e. The Morgan fingerprint density at radius 1 is 1.47 bits per heavy atom. The summed E-state index contributed by atoms with van der Waals surface area (Å²) in [6.07, 6.45) is 2.09. The number of carbonyl (C=O) groups excluding carboxylic acids is 1. The molecule has 0 N–H and O–H groups in total. The van der Waals surface area contributed by atoms with Gasteiger partial charge in [-0.1, -0.05) is 37.0 Å². The SMILES string of the molecule is CC(C)CCCOCC(=O)c1cc(Cl)sc1Cl. The molecule has 0 amide bonds. The van der Waals surface area contributed by atoms with Crippen LogP contribution in [-0.4, -0.2) is 19.0 Å². The van der Waals surface area contributed by atoms with Gasteiger partial charge in [0.25, 0.3) is 0 Å². The maximum Gasteiger partial charge on any atom is 0.190 e. The lowest BCUT2D eigenvalue weighted by atomic mass is 10.1. The molecule has 0 bridgehead atoms. The van der Waals surface area contributed by atoms with E-state index in [9.17, 15) is 4.79 Å². The van der Waals surface area contributed by atoms with Crippen LogP contribution in [0.5, 0.6) is 0 Å². The number of Topliss-reactive ketones (excluding diaryl/α,β-unsaturated/α-hetero) is 1. The molecule has 0 aliphatic carbocycles. The highest BCUT2D eigenvalue weighted by molar-refractivity contribution is 7.20. The molecule has 1 rings (SSSR count). The maximum atomic E-state index is 11.7. The van der Waals surface area contributed by atoms with E-state index in [1.165, 1.54) is 11.3 Å². The zero-order valence-electron chi connectivity index (χ0n) is 9.96. The Morgan fingerprint density at radius 2 is 2.18 bits per heavy atom. The van der Waals surface area contributed by atoms with Crippen molar-refractivity contribution in [2.45, 2.75) is 26.7 Å². The number of hydrogen-bond acceptors (Lipinski definition) is 3. The Morgan fingerprint density at radius 3 is 2.71 bits per heavy atom. The van der Waals surface area contributed by atoms with Gasteiger partial charge < -0.3 is 4.74 Å². The zero-order chi connectivity index (χ0) is 12.8. The molecule has 0 aromatic carbocycles. The Bertz CT molecular complexity index is 375. The summed E-state index contributed by atoms with van der Waals surface area (Å²) in [5, 5.41) is 0. The van der Waals surface area contributed by atoms with E-state index in [0.29, 0.717) is 26.8 Å². The average molecular weight is 295 g/mol. The van der Waals surface area contributed by atoms with Crippen molar-refractivity contribution in [1.29, 1.82) is 0 Å². The predicted molar refractivity (Wildman–Crippen MR) is 73.6 cm³/mol. The quantitative estimate of drug-likeness (QED) is 0.539. The van der Waals surface area contributed by atoms with Crippen molar-refractivity contribution in [2.75, 3.05) is 13.2 Å². The van der Waals surface area contributed by atoms with Crippen LogP contribution in [0.25, 0.3) is 0 Å². The standard InChI is InChI=1S/C12H16Cl2O2S/c1-8(2)4-3-5-16-7-10(15)9-6-11(13)17-12(9)14/h6,8H,3-5,7H2,1-2H3. The first-order valence-corrected chi connectivity index (χ1v) is 7.13. The first kappa shape index (κ1) is 15.0. The van der Waals surface area contributed by atoms with Crippen LogP contribution in [-0.2, 0) is 4.74 Å². The fraction of sp³-hybridized carbons (Fsp3) is 0.583. The topological polar surface area (TPSA) is 26.3 Å². The molecule has 0 radical (unpaired) electrons. The molecule has 0 aliphatic heterocycles. The van der Waals surface area contributed by atoms with Crippen LogP contribution in [0.3, 0.4) is 0 Å². The third-order valence-electron chi connectivity index (χ3n) is 2.26. The number of halogens is 2. The number of carbonyl (C=O) groups is 1. The number of thiophene rings is 1. The van der Waals surface area contributed by atoms with Gasteiger partial charge in [-0.2, -0.15) is 0 Å². The van der Waals surface area contributed by atoms with Crippen LogP contribution >= 0.6 is 34.5 Å². The summed E-state index contributed by atoms with van der Waals surface area (Å²) in [5.41, 5.74) is 0.463. The molecular weight excluding hydrogens is 279 g/mol. The maximum absolute atomic E-state index is 11.7. The second kappa shape index (κ2) is 7.37. The molecular formula is C12H16Cl2O2S. The molecule has 0 unspecified atom stereocenters. The van der Waals surface area contributed by atoms with Gasteiger partial charge >= 0.3 is 0 Å². The van der Waals surface area contributed by atoms with Gasteiger partial charge in [-0.25, -0.2) is 0 Å². The van der Waals surface area contributed by atoms with Crippen molar-refractivity contribution >= 4 is 40.3 Å². The third-order valence-corrected chi connectivity index (χ3v) is 3.75. The van der Waals surface area contributed by atoms with Gasteiger partial charge in [0.05, 0.1) is 9.90 Å². The summed E-state index contributed by atoms with van der Waals surface area (Å²) in [7, 11) is 0. The van der Waals surface area contributed by atoms with E-state index < -0.39 is 0 Å². The molecule has 96 valence electrons. The van der Waals surface area contributed by atoms with E-state index in [1.807, 2.05) is 0 Å². The molecule has 0 spiro atoms. The smallest absolute Gasteiger partial charge is 0.190 e. The fourth-order valence-electron chi connectivity index (χ4n) is 1.37. The largest absolute Gasteiger partial charge is 0.373 e. The van der Waals surface area contributed by atoms with Gasteiger partial charge in [-0.15, -0.1) is 11.3 Å². The highest BCUT2D eigenvalue weighted by atomic mass is 35.5. The summed E-state index contributed by atoms with van der Waals surface area (Å²) in [5.74, 6) is 0.558. The second-order valence-electron chi connectivity index (χ2n) is 4.25. The fourth-order valence-corrected chi connectivity index (χ4v) is 2.87. The van der Waals surface area contributed by atoms with Crippen molar-refractivity contribution in [3.8, 4) is 0 Å². The summed E-state index contributed by atoms with van der Waals surface area (Å²) in [4.78, 5) is 11.7. The van der Waals surface area contributed by atoms with Crippen LogP contribution in [0, 0.1) is 5.92 Å². The normalized spacial score (nSPS) is 11.1. The number of rotatable bonds is 7. The van der Waals surface area contributed by atoms with Crippen LogP contribution in [0.15, 0.2) is 6.07 Å². The monoisotopic (exact) mass is 294 g/mol. The second-order valence-corrected chi connectivity index (χ2v) is 6.54. The Labute approximate surface area is 116 Å². The minimum atomic E-state index is -0.109. The molecule has 5 heteroatoms. The highest BCUT2D eigenvalue weighted by Gasteiger charge is 2.14. The molecule has 0 saturated carbocycles. The molecule has 0 fully saturated rings. The van der Waals surface area contributed by atoms with Gasteiger partial charge in [0, 0.05) is 6.61 Å². The van der Waals surface area contributed by atoms with Gasteiger partial charge in [0.15, 0.2) is 5.78 Å². The first-order chi connectivity index (χ1) is 8.00. The van der Waals surface area contributed by atoms with Gasteiger partial charge in [0.1, 0.15) is 10.9 Å². The molecule has 1 aromatic rings. The van der Waals surface area contributed by atoms with Crippen LogP contribution in [0.4, 0.5) is 0 Å². The number of ether oxygens (including phenoxy) is 1. The van der Waals surface area contributed by atoms with Crippen molar-refractivity contribution in [2.24, 2.45) is 5.92 Å². The van der Waals surface area contributed by atoms with E-state index in [0.717, 1.165) is 12.8 Å². The van der Waals surface area contributed by atoms with Gasteiger partial charge in [0.2, 0.25) is 0 Å². The van der Waals surface area contributed by atoms with E-state index in [4.69, 9.17) is 27.9 Å². The van der Waals surface area contributed by atoms with Crippen LogP contribution < -0.4 is 0 Å². The van der Waals surface area contributed by atoms with Crippen molar-refractivity contribution < 1.29 is 9.53 Å². The Balaban J connectivity index is 2.28. The molecule has 0 aliphatic rings. The summed E-state index contributed by atoms with van der Waals surface area (Å²) < 4.78 is 6.28. The Kier molecular flexibility index (Phi) is 6.49. The molecule has 1 heterocycles. The molecule has 2 nitrogen and oxygen atoms in total. The lowest BCUT2D eigenvalue weighted by molar-refractivity contribution is 0.0749. The summed E-state index contributed by atoms with van der Waals surface area (Å²) in [6.45, 7) is 5.01. The first-order valence-electron chi connectivity index (χ1n) is 5.56. The third kappa shape index (κ3) is 5.38. The minimum absolute atomic E-state index is 0.0743. The van der Waals surface area contributed by atoms with E-state index >= 15 is 0 Å².